The van der Waals surface area contributed by atoms with Crippen LogP contribution in [0.4, 0.5) is 0 Å². The van der Waals surface area contributed by atoms with Gasteiger partial charge in [0, 0.05) is 11.5 Å². The van der Waals surface area contributed by atoms with E-state index in [1.807, 2.05) is 0 Å². The Labute approximate surface area is 87.5 Å². The maximum absolute atomic E-state index is 8.04. The van der Waals surface area contributed by atoms with Gasteiger partial charge in [-0.1, -0.05) is 63.4 Å². The Hall–Kier alpha value is -0.690. The molecule has 0 atom stereocenters. The zero-order valence-electron chi connectivity index (χ0n) is 9.12. The van der Waals surface area contributed by atoms with E-state index in [9.17, 15) is 0 Å². The molecule has 3 heteroatoms. The van der Waals surface area contributed by atoms with E-state index in [-0.39, 0.29) is 0 Å². The van der Waals surface area contributed by atoms with Crippen LogP contribution in [0.25, 0.3) is 10.4 Å². The van der Waals surface area contributed by atoms with Crippen LogP contribution in [-0.2, 0) is 0 Å². The zero-order chi connectivity index (χ0) is 10.5. The third-order valence-electron chi connectivity index (χ3n) is 2.32. The summed E-state index contributed by atoms with van der Waals surface area (Å²) >= 11 is 0. The van der Waals surface area contributed by atoms with Gasteiger partial charge in [0.05, 0.1) is 0 Å². The lowest BCUT2D eigenvalue weighted by atomic mass is 10.1. The Morgan fingerprint density at radius 3 is 1.86 bits per heavy atom. The summed E-state index contributed by atoms with van der Waals surface area (Å²) in [5, 5.41) is 3.50. The summed E-state index contributed by atoms with van der Waals surface area (Å²) < 4.78 is 0. The SMILES string of the molecule is [CH2]CCCCCCCCCCN=[N+]=[N-]. The minimum Gasteiger partial charge on any atom is -0.0940 e. The summed E-state index contributed by atoms with van der Waals surface area (Å²) in [4.78, 5) is 2.72. The molecule has 14 heavy (non-hydrogen) atoms. The van der Waals surface area contributed by atoms with Crippen molar-refractivity contribution in [1.29, 1.82) is 0 Å². The molecule has 0 aliphatic heterocycles. The fourth-order valence-corrected chi connectivity index (χ4v) is 1.46. The van der Waals surface area contributed by atoms with Crippen molar-refractivity contribution in [2.75, 3.05) is 6.54 Å². The van der Waals surface area contributed by atoms with Crippen LogP contribution in [0.2, 0.25) is 0 Å². The fourth-order valence-electron chi connectivity index (χ4n) is 1.46. The van der Waals surface area contributed by atoms with Gasteiger partial charge in [0.15, 0.2) is 0 Å². The Balaban J connectivity index is 2.88. The van der Waals surface area contributed by atoms with Gasteiger partial charge in [0.25, 0.3) is 0 Å². The summed E-state index contributed by atoms with van der Waals surface area (Å²) in [6.07, 6.45) is 11.2. The molecule has 0 saturated carbocycles. The monoisotopic (exact) mass is 196 g/mol. The molecule has 0 aliphatic carbocycles. The third-order valence-corrected chi connectivity index (χ3v) is 2.32. The first-order valence-corrected chi connectivity index (χ1v) is 5.72. The van der Waals surface area contributed by atoms with Crippen molar-refractivity contribution < 1.29 is 0 Å². The maximum atomic E-state index is 8.04. The minimum absolute atomic E-state index is 0.665. The first-order chi connectivity index (χ1) is 6.91. The number of nitrogens with zero attached hydrogens (tertiary/aromatic N) is 3. The highest BCUT2D eigenvalue weighted by atomic mass is 15.1. The number of hydrogen-bond donors (Lipinski definition) is 0. The molecule has 0 amide bonds. The van der Waals surface area contributed by atoms with Crippen LogP contribution < -0.4 is 0 Å². The number of rotatable bonds is 10. The maximum Gasteiger partial charge on any atom is 0.0257 e. The smallest absolute Gasteiger partial charge is 0.0257 e. The number of unbranched alkanes of at least 4 members (excludes halogenated alkanes) is 8. The van der Waals surface area contributed by atoms with Crippen molar-refractivity contribution in [3.63, 3.8) is 0 Å². The van der Waals surface area contributed by atoms with Gasteiger partial charge in [0.2, 0.25) is 0 Å². The topological polar surface area (TPSA) is 48.8 Å². The predicted octanol–water partition coefficient (Wildman–Crippen LogP) is 4.64. The van der Waals surface area contributed by atoms with Gasteiger partial charge in [-0.25, -0.2) is 0 Å². The third kappa shape index (κ3) is 11.3. The van der Waals surface area contributed by atoms with Gasteiger partial charge in [-0.05, 0) is 12.0 Å². The van der Waals surface area contributed by atoms with Crippen molar-refractivity contribution in [3.05, 3.63) is 17.4 Å². The first-order valence-electron chi connectivity index (χ1n) is 5.72. The zero-order valence-corrected chi connectivity index (χ0v) is 9.12. The molecule has 0 heterocycles. The van der Waals surface area contributed by atoms with E-state index in [4.69, 9.17) is 5.53 Å². The molecule has 3 nitrogen and oxygen atoms in total. The van der Waals surface area contributed by atoms with Crippen LogP contribution in [0.5, 0.6) is 0 Å². The molecule has 0 rings (SSSR count). The van der Waals surface area contributed by atoms with Gasteiger partial charge in [-0.3, -0.25) is 0 Å². The molecule has 0 spiro atoms. The molecule has 1 radical (unpaired) electrons. The van der Waals surface area contributed by atoms with Crippen molar-refractivity contribution >= 4 is 0 Å². The average molecular weight is 196 g/mol. The van der Waals surface area contributed by atoms with Gasteiger partial charge in [-0.15, -0.1) is 0 Å². The minimum atomic E-state index is 0.665. The van der Waals surface area contributed by atoms with Crippen molar-refractivity contribution in [1.82, 2.24) is 0 Å². The lowest BCUT2D eigenvalue weighted by Crippen LogP contribution is -1.82. The van der Waals surface area contributed by atoms with E-state index < -0.39 is 0 Å². The Bertz CT molecular complexity index is 151. The van der Waals surface area contributed by atoms with E-state index in [0.717, 1.165) is 12.8 Å². The highest BCUT2D eigenvalue weighted by molar-refractivity contribution is 4.50. The Kier molecular flexibility index (Phi) is 11.7. The van der Waals surface area contributed by atoms with Crippen LogP contribution >= 0.6 is 0 Å². The standard InChI is InChI=1S/C11H22N3/c1-2-3-4-5-6-7-8-9-10-11-13-14-12/h1-11H2. The normalized spacial score (nSPS) is 9.79. The van der Waals surface area contributed by atoms with E-state index in [1.165, 1.54) is 44.9 Å². The van der Waals surface area contributed by atoms with E-state index >= 15 is 0 Å². The van der Waals surface area contributed by atoms with E-state index in [2.05, 4.69) is 16.9 Å². The Morgan fingerprint density at radius 1 is 0.857 bits per heavy atom. The highest BCUT2D eigenvalue weighted by Gasteiger charge is 1.90. The first kappa shape index (κ1) is 13.3. The quantitative estimate of drug-likeness (QED) is 0.211. The van der Waals surface area contributed by atoms with Crippen LogP contribution in [0, 0.1) is 6.92 Å². The summed E-state index contributed by atoms with van der Waals surface area (Å²) in [6, 6.07) is 0. The highest BCUT2D eigenvalue weighted by Crippen LogP contribution is 2.09. The van der Waals surface area contributed by atoms with Crippen LogP contribution in [0.1, 0.15) is 57.8 Å². The molecule has 0 bridgehead atoms. The number of hydrogen-bond acceptors (Lipinski definition) is 1. The molecular formula is C11H22N3. The van der Waals surface area contributed by atoms with E-state index in [1.54, 1.807) is 0 Å². The van der Waals surface area contributed by atoms with Gasteiger partial charge >= 0.3 is 0 Å². The van der Waals surface area contributed by atoms with Gasteiger partial charge in [-0.2, -0.15) is 0 Å². The summed E-state index contributed by atoms with van der Waals surface area (Å²) in [7, 11) is 0. The van der Waals surface area contributed by atoms with Gasteiger partial charge < -0.3 is 0 Å². The lowest BCUT2D eigenvalue weighted by molar-refractivity contribution is 0.571. The van der Waals surface area contributed by atoms with E-state index in [0.29, 0.717) is 6.54 Å². The number of azide groups is 1. The van der Waals surface area contributed by atoms with Crippen molar-refractivity contribution in [2.45, 2.75) is 57.8 Å². The van der Waals surface area contributed by atoms with Crippen molar-refractivity contribution in [2.24, 2.45) is 5.11 Å². The average Bonchev–Trinajstić information content (AvgIpc) is 2.21. The molecule has 81 valence electrons. The molecule has 0 N–H and O–H groups in total. The molecular weight excluding hydrogens is 174 g/mol. The molecule has 0 aliphatic rings. The summed E-state index contributed by atoms with van der Waals surface area (Å²) in [5.74, 6) is 0. The van der Waals surface area contributed by atoms with Crippen LogP contribution in [-0.4, -0.2) is 6.54 Å². The lowest BCUT2D eigenvalue weighted by Gasteiger charge is -1.99. The molecule has 0 aromatic rings. The predicted molar refractivity (Wildman–Crippen MR) is 60.9 cm³/mol. The summed E-state index contributed by atoms with van der Waals surface area (Å²) in [6.45, 7) is 4.49. The van der Waals surface area contributed by atoms with Crippen LogP contribution in [0.3, 0.4) is 0 Å². The molecule has 0 aromatic heterocycles. The molecule has 0 saturated heterocycles. The summed E-state index contributed by atoms with van der Waals surface area (Å²) in [5.41, 5.74) is 8.04. The second-order valence-electron chi connectivity index (χ2n) is 3.64. The molecule has 0 aromatic carbocycles. The van der Waals surface area contributed by atoms with Gasteiger partial charge in [0.1, 0.15) is 0 Å². The second-order valence-corrected chi connectivity index (χ2v) is 3.64. The van der Waals surface area contributed by atoms with Crippen molar-refractivity contribution in [3.8, 4) is 0 Å². The largest absolute Gasteiger partial charge is 0.0940 e. The second kappa shape index (κ2) is 12.3. The molecule has 0 fully saturated rings. The van der Waals surface area contributed by atoms with Crippen LogP contribution in [0.15, 0.2) is 5.11 Å². The molecule has 0 unspecified atom stereocenters. The Morgan fingerprint density at radius 2 is 1.36 bits per heavy atom. The fraction of sp³-hybridized carbons (Fsp3) is 0.909.